The van der Waals surface area contributed by atoms with Gasteiger partial charge in [0.25, 0.3) is 0 Å². The van der Waals surface area contributed by atoms with Gasteiger partial charge in [-0.2, -0.15) is 10.2 Å². The standard InChI is InChI=1S/C9H13N5O2S/c1-7-9(6-10-13-7)17(15,16)12-5-8-3-4-11-14(8)2/h3-4,6,12H,5H2,1-2H3,(H,10,13). The second-order valence-electron chi connectivity index (χ2n) is 3.63. The van der Waals surface area contributed by atoms with Crippen LogP contribution in [0.3, 0.4) is 0 Å². The second-order valence-corrected chi connectivity index (χ2v) is 5.37. The molecule has 2 heterocycles. The zero-order chi connectivity index (χ0) is 12.5. The van der Waals surface area contributed by atoms with Crippen molar-refractivity contribution in [3.8, 4) is 0 Å². The molecule has 2 aromatic heterocycles. The number of H-pyrrole nitrogens is 1. The lowest BCUT2D eigenvalue weighted by Gasteiger charge is -2.05. The molecule has 0 spiro atoms. The van der Waals surface area contributed by atoms with Crippen LogP contribution in [0.5, 0.6) is 0 Å². The summed E-state index contributed by atoms with van der Waals surface area (Å²) in [6, 6.07) is 1.75. The topological polar surface area (TPSA) is 92.7 Å². The average Bonchev–Trinajstić information content (AvgIpc) is 2.85. The molecule has 0 saturated heterocycles. The highest BCUT2D eigenvalue weighted by Crippen LogP contribution is 2.11. The number of nitrogens with one attached hydrogen (secondary N) is 2. The molecule has 92 valence electrons. The summed E-state index contributed by atoms with van der Waals surface area (Å²) in [6.07, 6.45) is 2.91. The Morgan fingerprint density at radius 1 is 1.53 bits per heavy atom. The van der Waals surface area contributed by atoms with Crippen molar-refractivity contribution >= 4 is 10.0 Å². The van der Waals surface area contributed by atoms with Gasteiger partial charge in [0.15, 0.2) is 0 Å². The van der Waals surface area contributed by atoms with Crippen molar-refractivity contribution in [2.24, 2.45) is 7.05 Å². The minimum atomic E-state index is -3.53. The number of rotatable bonds is 4. The van der Waals surface area contributed by atoms with Crippen LogP contribution in [-0.4, -0.2) is 28.4 Å². The number of sulfonamides is 1. The van der Waals surface area contributed by atoms with E-state index in [4.69, 9.17) is 0 Å². The lowest BCUT2D eigenvalue weighted by Crippen LogP contribution is -2.24. The first-order chi connectivity index (χ1) is 8.00. The molecule has 0 amide bonds. The van der Waals surface area contributed by atoms with Crippen LogP contribution >= 0.6 is 0 Å². The third-order valence-electron chi connectivity index (χ3n) is 2.44. The molecular weight excluding hydrogens is 242 g/mol. The molecule has 2 N–H and O–H groups in total. The molecule has 0 aliphatic rings. The minimum Gasteiger partial charge on any atom is -0.281 e. The molecule has 0 fully saturated rings. The summed E-state index contributed by atoms with van der Waals surface area (Å²) in [6.45, 7) is 1.86. The maximum atomic E-state index is 11.9. The van der Waals surface area contributed by atoms with Crippen molar-refractivity contribution in [1.29, 1.82) is 0 Å². The number of aromatic nitrogens is 4. The molecule has 0 atom stereocenters. The Balaban J connectivity index is 2.15. The fourth-order valence-electron chi connectivity index (χ4n) is 1.43. The van der Waals surface area contributed by atoms with E-state index < -0.39 is 10.0 Å². The molecule has 0 radical (unpaired) electrons. The first-order valence-corrected chi connectivity index (χ1v) is 6.45. The van der Waals surface area contributed by atoms with Crippen molar-refractivity contribution in [2.45, 2.75) is 18.4 Å². The van der Waals surface area contributed by atoms with Crippen molar-refractivity contribution in [2.75, 3.05) is 0 Å². The van der Waals surface area contributed by atoms with Crippen LogP contribution < -0.4 is 4.72 Å². The Morgan fingerprint density at radius 2 is 2.29 bits per heavy atom. The van der Waals surface area contributed by atoms with E-state index in [2.05, 4.69) is 20.0 Å². The lowest BCUT2D eigenvalue weighted by molar-refractivity contribution is 0.576. The fraction of sp³-hybridized carbons (Fsp3) is 0.333. The molecule has 0 aliphatic carbocycles. The molecule has 7 nitrogen and oxygen atoms in total. The van der Waals surface area contributed by atoms with Gasteiger partial charge in [-0.05, 0) is 13.0 Å². The highest BCUT2D eigenvalue weighted by molar-refractivity contribution is 7.89. The number of hydrogen-bond acceptors (Lipinski definition) is 4. The number of aryl methyl sites for hydroxylation is 2. The summed E-state index contributed by atoms with van der Waals surface area (Å²) in [5.74, 6) is 0. The Morgan fingerprint density at radius 3 is 2.82 bits per heavy atom. The third-order valence-corrected chi connectivity index (χ3v) is 3.95. The lowest BCUT2D eigenvalue weighted by atomic mass is 10.4. The number of aromatic amines is 1. The maximum Gasteiger partial charge on any atom is 0.244 e. The Bertz CT molecular complexity index is 613. The third kappa shape index (κ3) is 2.37. The van der Waals surface area contributed by atoms with E-state index in [1.54, 1.807) is 30.9 Å². The predicted molar refractivity (Wildman–Crippen MR) is 60.6 cm³/mol. The van der Waals surface area contributed by atoms with Crippen molar-refractivity contribution in [3.05, 3.63) is 29.8 Å². The average molecular weight is 255 g/mol. The second kappa shape index (κ2) is 4.30. The number of nitrogens with zero attached hydrogens (tertiary/aromatic N) is 3. The number of hydrogen-bond donors (Lipinski definition) is 2. The van der Waals surface area contributed by atoms with Crippen LogP contribution in [0.2, 0.25) is 0 Å². The predicted octanol–water partition coefficient (Wildman–Crippen LogP) is -0.0699. The molecule has 0 saturated carbocycles. The first kappa shape index (κ1) is 11.8. The van der Waals surface area contributed by atoms with Gasteiger partial charge in [-0.15, -0.1) is 0 Å². The molecule has 0 unspecified atom stereocenters. The van der Waals surface area contributed by atoms with E-state index in [1.165, 1.54) is 6.20 Å². The van der Waals surface area contributed by atoms with Gasteiger partial charge in [-0.3, -0.25) is 9.78 Å². The van der Waals surface area contributed by atoms with Crippen LogP contribution in [0.4, 0.5) is 0 Å². The normalized spacial score (nSPS) is 11.9. The molecule has 17 heavy (non-hydrogen) atoms. The van der Waals surface area contributed by atoms with Gasteiger partial charge in [-0.25, -0.2) is 13.1 Å². The van der Waals surface area contributed by atoms with Gasteiger partial charge in [0.05, 0.1) is 24.1 Å². The van der Waals surface area contributed by atoms with Gasteiger partial charge in [0.2, 0.25) is 10.0 Å². The monoisotopic (exact) mass is 255 g/mol. The van der Waals surface area contributed by atoms with Gasteiger partial charge < -0.3 is 0 Å². The van der Waals surface area contributed by atoms with E-state index in [0.29, 0.717) is 5.69 Å². The Hall–Kier alpha value is -1.67. The summed E-state index contributed by atoms with van der Waals surface area (Å²) < 4.78 is 28.0. The van der Waals surface area contributed by atoms with Crippen LogP contribution in [0, 0.1) is 6.92 Å². The van der Waals surface area contributed by atoms with Crippen LogP contribution in [-0.2, 0) is 23.6 Å². The van der Waals surface area contributed by atoms with E-state index in [-0.39, 0.29) is 11.4 Å². The maximum absolute atomic E-state index is 11.9. The molecule has 2 rings (SSSR count). The van der Waals surface area contributed by atoms with E-state index in [0.717, 1.165) is 5.69 Å². The Kier molecular flexibility index (Phi) is 2.99. The van der Waals surface area contributed by atoms with E-state index >= 15 is 0 Å². The molecular formula is C9H13N5O2S. The molecule has 0 aromatic carbocycles. The quantitative estimate of drug-likeness (QED) is 0.799. The largest absolute Gasteiger partial charge is 0.281 e. The van der Waals surface area contributed by atoms with Crippen molar-refractivity contribution < 1.29 is 8.42 Å². The van der Waals surface area contributed by atoms with Gasteiger partial charge in [0.1, 0.15) is 4.90 Å². The summed E-state index contributed by atoms with van der Waals surface area (Å²) in [4.78, 5) is 0.166. The van der Waals surface area contributed by atoms with Crippen molar-refractivity contribution in [1.82, 2.24) is 24.7 Å². The summed E-state index contributed by atoms with van der Waals surface area (Å²) in [5, 5.41) is 10.2. The smallest absolute Gasteiger partial charge is 0.244 e. The first-order valence-electron chi connectivity index (χ1n) is 4.97. The van der Waals surface area contributed by atoms with Crippen LogP contribution in [0.1, 0.15) is 11.4 Å². The Labute approximate surface area is 98.9 Å². The minimum absolute atomic E-state index is 0.166. The van der Waals surface area contributed by atoms with E-state index in [9.17, 15) is 8.42 Å². The molecule has 8 heteroatoms. The molecule has 0 bridgehead atoms. The fourth-order valence-corrected chi connectivity index (χ4v) is 2.57. The van der Waals surface area contributed by atoms with Crippen LogP contribution in [0.15, 0.2) is 23.4 Å². The zero-order valence-corrected chi connectivity index (χ0v) is 10.3. The van der Waals surface area contributed by atoms with Crippen molar-refractivity contribution in [3.63, 3.8) is 0 Å². The van der Waals surface area contributed by atoms with E-state index in [1.807, 2.05) is 0 Å². The summed E-state index contributed by atoms with van der Waals surface area (Å²) >= 11 is 0. The summed E-state index contributed by atoms with van der Waals surface area (Å²) in [5.41, 5.74) is 1.30. The van der Waals surface area contributed by atoms with Gasteiger partial charge >= 0.3 is 0 Å². The van der Waals surface area contributed by atoms with Crippen LogP contribution in [0.25, 0.3) is 0 Å². The molecule has 2 aromatic rings. The highest BCUT2D eigenvalue weighted by Gasteiger charge is 2.18. The molecule has 0 aliphatic heterocycles. The van der Waals surface area contributed by atoms with Gasteiger partial charge in [-0.1, -0.05) is 0 Å². The SMILES string of the molecule is Cc1[nH]ncc1S(=O)(=O)NCc1ccnn1C. The van der Waals surface area contributed by atoms with Gasteiger partial charge in [0, 0.05) is 13.2 Å². The summed E-state index contributed by atoms with van der Waals surface area (Å²) in [7, 11) is -1.77. The zero-order valence-electron chi connectivity index (χ0n) is 9.51. The highest BCUT2D eigenvalue weighted by atomic mass is 32.2.